The van der Waals surface area contributed by atoms with Crippen molar-refractivity contribution in [3.05, 3.63) is 0 Å². The second-order valence-electron chi connectivity index (χ2n) is 5.78. The molecular weight excluding hydrogens is 487 g/mol. The summed E-state index contributed by atoms with van der Waals surface area (Å²) in [5.74, 6) is -19.2. The smallest absolute Gasteiger partial charge is 0.320 e. The van der Waals surface area contributed by atoms with Crippen molar-refractivity contribution in [2.24, 2.45) is 0 Å². The Kier molecular flexibility index (Phi) is 6.36. The molecule has 0 N–H and O–H groups in total. The highest BCUT2D eigenvalue weighted by molar-refractivity contribution is 5.12. The monoisotopic (exact) mass is 492 g/mol. The van der Waals surface area contributed by atoms with Gasteiger partial charge in [-0.05, 0) is 0 Å². The fraction of sp³-hybridized carbons (Fsp3) is 1.00. The van der Waals surface area contributed by atoms with E-state index in [1.54, 1.807) is 0 Å². The van der Waals surface area contributed by atoms with E-state index < -0.39 is 67.1 Å². The summed E-state index contributed by atoms with van der Waals surface area (Å²) in [6.07, 6.45) is -46.9. The van der Waals surface area contributed by atoms with Crippen molar-refractivity contribution in [2.75, 3.05) is 0 Å². The van der Waals surface area contributed by atoms with E-state index in [1.165, 1.54) is 0 Å². The van der Waals surface area contributed by atoms with E-state index >= 15 is 0 Å². The van der Waals surface area contributed by atoms with Gasteiger partial charge >= 0.3 is 36.6 Å². The van der Waals surface area contributed by atoms with Gasteiger partial charge in [0.1, 0.15) is 0 Å². The van der Waals surface area contributed by atoms with Crippen LogP contribution in [0.1, 0.15) is 6.42 Å². The first-order chi connectivity index (χ1) is 12.8. The maximum Gasteiger partial charge on any atom is 0.423 e. The fourth-order valence-corrected chi connectivity index (χ4v) is 2.25. The van der Waals surface area contributed by atoms with Gasteiger partial charge in [0.2, 0.25) is 0 Å². The highest BCUT2D eigenvalue weighted by Gasteiger charge is 2.84. The molecular formula is C11H5F17O2. The lowest BCUT2D eigenvalue weighted by molar-refractivity contribution is -0.467. The second kappa shape index (κ2) is 7.13. The molecule has 19 heteroatoms. The van der Waals surface area contributed by atoms with Crippen LogP contribution >= 0.6 is 0 Å². The molecule has 0 bridgehead atoms. The van der Waals surface area contributed by atoms with Crippen LogP contribution < -0.4 is 0 Å². The molecule has 0 spiro atoms. The molecule has 0 heterocycles. The Labute approximate surface area is 152 Å². The number of hydrogen-bond acceptors (Lipinski definition) is 2. The van der Waals surface area contributed by atoms with E-state index in [0.717, 1.165) is 0 Å². The van der Waals surface area contributed by atoms with Crippen LogP contribution in [0.4, 0.5) is 74.6 Å². The van der Waals surface area contributed by atoms with Crippen LogP contribution in [-0.2, 0) is 9.47 Å². The Hall–Kier alpha value is -1.27. The van der Waals surface area contributed by atoms with Gasteiger partial charge in [-0.3, -0.25) is 0 Å². The average molecular weight is 492 g/mol. The van der Waals surface area contributed by atoms with Gasteiger partial charge in [-0.1, -0.05) is 0 Å². The highest BCUT2D eigenvalue weighted by Crippen LogP contribution is 2.60. The molecule has 0 saturated heterocycles. The van der Waals surface area contributed by atoms with Gasteiger partial charge in [0.05, 0.1) is 6.42 Å². The third kappa shape index (κ3) is 4.64. The molecule has 0 amide bonds. The standard InChI is InChI=1S/C11H5F17O2/c12-2-1-5(13,14)11(27,28)6(2,29-3(7(15,16)17)8(18,19)20)30-4(9(21,22)23)10(24,25)26/h2-4H,1H2. The molecule has 1 saturated carbocycles. The van der Waals surface area contributed by atoms with Crippen LogP contribution in [0.25, 0.3) is 0 Å². The van der Waals surface area contributed by atoms with E-state index in [-0.39, 0.29) is 0 Å². The number of hydrogen-bond donors (Lipinski definition) is 0. The number of rotatable bonds is 4. The molecule has 1 rings (SSSR count). The summed E-state index contributed by atoms with van der Waals surface area (Å²) in [6.45, 7) is 0. The van der Waals surface area contributed by atoms with Gasteiger partial charge in [-0.25, -0.2) is 4.39 Å². The molecule has 0 radical (unpaired) electrons. The molecule has 1 atom stereocenters. The van der Waals surface area contributed by atoms with E-state index in [1.807, 2.05) is 0 Å². The summed E-state index contributed by atoms with van der Waals surface area (Å²) in [5, 5.41) is 0. The first-order valence-corrected chi connectivity index (χ1v) is 6.83. The maximum absolute atomic E-state index is 13.9. The molecule has 0 aromatic rings. The predicted molar refractivity (Wildman–Crippen MR) is 56.1 cm³/mol. The van der Waals surface area contributed by atoms with Gasteiger partial charge in [0.25, 0.3) is 18.0 Å². The van der Waals surface area contributed by atoms with Gasteiger partial charge in [0.15, 0.2) is 6.17 Å². The van der Waals surface area contributed by atoms with E-state index in [2.05, 4.69) is 9.47 Å². The summed E-state index contributed by atoms with van der Waals surface area (Å²) in [6, 6.07) is 0. The molecule has 1 aliphatic carbocycles. The third-order valence-electron chi connectivity index (χ3n) is 3.52. The Bertz CT molecular complexity index is 549. The van der Waals surface area contributed by atoms with Crippen molar-refractivity contribution in [3.8, 4) is 0 Å². The maximum atomic E-state index is 13.9. The summed E-state index contributed by atoms with van der Waals surface area (Å²) < 4.78 is 223. The fourth-order valence-electron chi connectivity index (χ4n) is 2.25. The van der Waals surface area contributed by atoms with Crippen LogP contribution in [0.5, 0.6) is 0 Å². The summed E-state index contributed by atoms with van der Waals surface area (Å²) in [7, 11) is 0. The number of alkyl halides is 17. The molecule has 0 aromatic carbocycles. The molecule has 0 aliphatic heterocycles. The zero-order chi connectivity index (χ0) is 24.4. The summed E-state index contributed by atoms with van der Waals surface area (Å²) >= 11 is 0. The zero-order valence-electron chi connectivity index (χ0n) is 13.2. The normalized spacial score (nSPS) is 24.7. The molecule has 30 heavy (non-hydrogen) atoms. The summed E-state index contributed by atoms with van der Waals surface area (Å²) in [4.78, 5) is 0. The minimum Gasteiger partial charge on any atom is -0.320 e. The predicted octanol–water partition coefficient (Wildman–Crippen LogP) is 5.71. The Balaban J connectivity index is 3.75. The van der Waals surface area contributed by atoms with E-state index in [0.29, 0.717) is 0 Å². The number of halogens is 17. The van der Waals surface area contributed by atoms with Gasteiger partial charge in [0, 0.05) is 0 Å². The topological polar surface area (TPSA) is 18.5 Å². The minimum atomic E-state index is -6.92. The Morgan fingerprint density at radius 2 is 0.867 bits per heavy atom. The van der Waals surface area contributed by atoms with Crippen LogP contribution in [-0.4, -0.2) is 60.7 Å². The van der Waals surface area contributed by atoms with Crippen molar-refractivity contribution in [1.82, 2.24) is 0 Å². The van der Waals surface area contributed by atoms with Crippen molar-refractivity contribution < 1.29 is 84.1 Å². The lowest BCUT2D eigenvalue weighted by atomic mass is 10.1. The average Bonchev–Trinajstić information content (AvgIpc) is 2.52. The van der Waals surface area contributed by atoms with Gasteiger partial charge in [-0.2, -0.15) is 70.2 Å². The van der Waals surface area contributed by atoms with Crippen molar-refractivity contribution in [3.63, 3.8) is 0 Å². The molecule has 1 fully saturated rings. The van der Waals surface area contributed by atoms with E-state index in [4.69, 9.17) is 0 Å². The Morgan fingerprint density at radius 1 is 0.600 bits per heavy atom. The van der Waals surface area contributed by atoms with Crippen LogP contribution in [0.3, 0.4) is 0 Å². The van der Waals surface area contributed by atoms with Gasteiger partial charge < -0.3 is 9.47 Å². The van der Waals surface area contributed by atoms with E-state index in [9.17, 15) is 74.6 Å². The van der Waals surface area contributed by atoms with Crippen molar-refractivity contribution in [1.29, 1.82) is 0 Å². The van der Waals surface area contributed by atoms with Crippen LogP contribution in [0, 0.1) is 0 Å². The molecule has 0 aromatic heterocycles. The SMILES string of the molecule is FC1CC(F)(F)C(F)(F)C1(OC(C(F)(F)F)C(F)(F)F)OC(C(F)(F)F)C(F)(F)F. The molecule has 180 valence electrons. The lowest BCUT2D eigenvalue weighted by Crippen LogP contribution is -2.66. The molecule has 2 nitrogen and oxygen atoms in total. The molecule has 1 aliphatic rings. The first-order valence-electron chi connectivity index (χ1n) is 6.83. The quantitative estimate of drug-likeness (QED) is 0.370. The van der Waals surface area contributed by atoms with Crippen molar-refractivity contribution >= 4 is 0 Å². The van der Waals surface area contributed by atoms with Crippen molar-refractivity contribution in [2.45, 2.75) is 67.1 Å². The Morgan fingerprint density at radius 3 is 1.03 bits per heavy atom. The van der Waals surface area contributed by atoms with Crippen LogP contribution in [0.2, 0.25) is 0 Å². The minimum absolute atomic E-state index is 2.53. The second-order valence-corrected chi connectivity index (χ2v) is 5.78. The highest BCUT2D eigenvalue weighted by atomic mass is 19.4. The van der Waals surface area contributed by atoms with Gasteiger partial charge in [-0.15, -0.1) is 0 Å². The number of ether oxygens (including phenoxy) is 2. The lowest BCUT2D eigenvalue weighted by Gasteiger charge is -2.42. The largest absolute Gasteiger partial charge is 0.423 e. The zero-order valence-corrected chi connectivity index (χ0v) is 13.2. The van der Waals surface area contributed by atoms with Crippen LogP contribution in [0.15, 0.2) is 0 Å². The molecule has 1 unspecified atom stereocenters. The first kappa shape index (κ1) is 26.8. The summed E-state index contributed by atoms with van der Waals surface area (Å²) in [5.41, 5.74) is 0. The third-order valence-corrected chi connectivity index (χ3v) is 3.52.